The molecule has 1 aromatic rings. The Kier molecular flexibility index (Phi) is 9.88. The van der Waals surface area contributed by atoms with Gasteiger partial charge in [0.25, 0.3) is 5.91 Å². The lowest BCUT2D eigenvalue weighted by Gasteiger charge is -2.10. The van der Waals surface area contributed by atoms with Crippen LogP contribution in [0.2, 0.25) is 0 Å². The molecule has 0 spiro atoms. The van der Waals surface area contributed by atoms with E-state index in [-0.39, 0.29) is 12.5 Å². The first-order chi connectivity index (χ1) is 11.8. The number of anilines is 1. The highest BCUT2D eigenvalue weighted by atomic mass is 32.2. The van der Waals surface area contributed by atoms with E-state index in [0.29, 0.717) is 24.2 Å². The van der Waals surface area contributed by atoms with Crippen LogP contribution in [0.4, 0.5) is 5.69 Å². The normalized spacial score (nSPS) is 14.5. The van der Waals surface area contributed by atoms with E-state index in [4.69, 9.17) is 9.42 Å². The van der Waals surface area contributed by atoms with Gasteiger partial charge in [-0.25, -0.2) is 4.57 Å². The Balaban J connectivity index is 2.14. The molecule has 25 heavy (non-hydrogen) atoms. The van der Waals surface area contributed by atoms with Crippen LogP contribution >= 0.6 is 7.82 Å². The molecular formula is C14H22N2O7PS-. The van der Waals surface area contributed by atoms with Crippen LogP contribution in [-0.4, -0.2) is 39.8 Å². The van der Waals surface area contributed by atoms with Crippen molar-refractivity contribution in [1.29, 1.82) is 0 Å². The number of benzene rings is 1. The number of amides is 1. The minimum absolute atomic E-state index is 0.141. The monoisotopic (exact) mass is 393 g/mol. The number of nitrogens with one attached hydrogen (secondary N) is 2. The average Bonchev–Trinajstić information content (AvgIpc) is 2.57. The van der Waals surface area contributed by atoms with Gasteiger partial charge in [-0.05, 0) is 37.1 Å². The molecule has 0 aliphatic rings. The van der Waals surface area contributed by atoms with Gasteiger partial charge in [0.15, 0.2) is 0 Å². The van der Waals surface area contributed by atoms with E-state index in [1.54, 1.807) is 0 Å². The average molecular weight is 393 g/mol. The fraction of sp³-hybridized carbons (Fsp3) is 0.500. The Hall–Kier alpha value is -1.29. The molecule has 1 amide bonds. The quantitative estimate of drug-likeness (QED) is 0.280. The molecule has 0 heterocycles. The van der Waals surface area contributed by atoms with Gasteiger partial charge < -0.3 is 19.5 Å². The zero-order valence-corrected chi connectivity index (χ0v) is 15.5. The third-order valence-electron chi connectivity index (χ3n) is 3.19. The maximum absolute atomic E-state index is 11.9. The molecular weight excluding hydrogens is 371 g/mol. The Morgan fingerprint density at radius 3 is 2.48 bits per heavy atom. The summed E-state index contributed by atoms with van der Waals surface area (Å²) in [5.41, 5.74) is 0.821. The minimum atomic E-state index is -3.89. The maximum Gasteiger partial charge on any atom is 0.471 e. The van der Waals surface area contributed by atoms with Crippen LogP contribution in [-0.2, 0) is 24.9 Å². The zero-order chi connectivity index (χ0) is 18.7. The van der Waals surface area contributed by atoms with Crippen molar-refractivity contribution in [1.82, 2.24) is 5.32 Å². The zero-order valence-electron chi connectivity index (χ0n) is 13.8. The topological polar surface area (TPSA) is 137 Å². The summed E-state index contributed by atoms with van der Waals surface area (Å²) in [5.74, 6) is -0.237. The third kappa shape index (κ3) is 9.69. The number of phosphoric acid groups is 1. The van der Waals surface area contributed by atoms with Crippen LogP contribution in [0.15, 0.2) is 24.3 Å². The smallest absolute Gasteiger partial charge is 0.471 e. The molecule has 0 fully saturated rings. The Morgan fingerprint density at radius 2 is 1.88 bits per heavy atom. The Bertz CT molecular complexity index is 612. The van der Waals surface area contributed by atoms with Crippen molar-refractivity contribution in [3.8, 4) is 0 Å². The van der Waals surface area contributed by atoms with Crippen LogP contribution in [0.3, 0.4) is 0 Å². The molecule has 1 rings (SSSR count). The molecule has 0 aliphatic carbocycles. The summed E-state index contributed by atoms with van der Waals surface area (Å²) in [7, 11) is -2.78. The highest BCUT2D eigenvalue weighted by Gasteiger charge is 2.17. The minimum Gasteiger partial charge on any atom is -0.755 e. The second-order valence-corrected chi connectivity index (χ2v) is 7.30. The van der Waals surface area contributed by atoms with Gasteiger partial charge in [-0.15, -0.1) is 0 Å². The van der Waals surface area contributed by atoms with E-state index in [2.05, 4.69) is 14.6 Å². The van der Waals surface area contributed by atoms with E-state index < -0.39 is 19.1 Å². The predicted octanol–water partition coefficient (Wildman–Crippen LogP) is 1.95. The predicted molar refractivity (Wildman–Crippen MR) is 92.6 cm³/mol. The summed E-state index contributed by atoms with van der Waals surface area (Å²) in [6.45, 7) is 0.642. The van der Waals surface area contributed by atoms with E-state index in [1.807, 2.05) is 0 Å². The number of carbonyl (C=O) groups is 1. The molecule has 11 heteroatoms. The summed E-state index contributed by atoms with van der Waals surface area (Å²) < 4.78 is 43.2. The van der Waals surface area contributed by atoms with Gasteiger partial charge in [0, 0.05) is 36.2 Å². The molecule has 9 nitrogen and oxygen atoms in total. The lowest BCUT2D eigenvalue weighted by Crippen LogP contribution is -2.24. The van der Waals surface area contributed by atoms with Crippen molar-refractivity contribution in [2.75, 3.05) is 25.0 Å². The van der Waals surface area contributed by atoms with Crippen LogP contribution in [0.5, 0.6) is 0 Å². The van der Waals surface area contributed by atoms with Crippen molar-refractivity contribution in [2.45, 2.75) is 25.7 Å². The highest BCUT2D eigenvalue weighted by molar-refractivity contribution is 7.80. The first-order valence-electron chi connectivity index (χ1n) is 7.61. The summed E-state index contributed by atoms with van der Waals surface area (Å²) in [4.78, 5) is 20.9. The number of rotatable bonds is 12. The third-order valence-corrected chi connectivity index (χ3v) is 4.56. The largest absolute Gasteiger partial charge is 0.755 e. The summed E-state index contributed by atoms with van der Waals surface area (Å²) in [6, 6.07) is 6.07. The summed E-state index contributed by atoms with van der Waals surface area (Å²) in [5, 5.41) is 2.77. The fourth-order valence-corrected chi connectivity index (χ4v) is 2.70. The van der Waals surface area contributed by atoms with Crippen molar-refractivity contribution >= 4 is 30.7 Å². The van der Waals surface area contributed by atoms with E-state index in [9.17, 15) is 18.1 Å². The van der Waals surface area contributed by atoms with Crippen molar-refractivity contribution in [3.05, 3.63) is 29.8 Å². The van der Waals surface area contributed by atoms with Gasteiger partial charge in [0.2, 0.25) is 0 Å². The lowest BCUT2D eigenvalue weighted by atomic mass is 10.2. The van der Waals surface area contributed by atoms with Crippen molar-refractivity contribution in [2.24, 2.45) is 0 Å². The summed E-state index contributed by atoms with van der Waals surface area (Å²) >= 11 is -2.40. The molecule has 2 atom stereocenters. The molecule has 1 aromatic carbocycles. The maximum atomic E-state index is 11.9. The first kappa shape index (κ1) is 21.8. The number of carbonyl (C=O) groups excluding carboxylic acids is 1. The molecule has 0 aliphatic heterocycles. The van der Waals surface area contributed by atoms with E-state index >= 15 is 0 Å². The molecule has 142 valence electrons. The van der Waals surface area contributed by atoms with Crippen LogP contribution in [0.25, 0.3) is 0 Å². The molecule has 3 N–H and O–H groups in total. The standard InChI is InChI=1S/C14H23N2O7PS/c1-22-24(18,19)23-11-5-3-2-4-10-15-14(17)12-6-8-13(9-7-12)16-25(20)21/h6-9,16H,2-5,10-11H2,1H3,(H,15,17)(H,18,19)(H,20,21)/p-1. The van der Waals surface area contributed by atoms with Gasteiger partial charge in [0.1, 0.15) is 0 Å². The van der Waals surface area contributed by atoms with Crippen LogP contribution < -0.4 is 10.0 Å². The molecule has 0 saturated heterocycles. The Labute approximate surface area is 149 Å². The summed E-state index contributed by atoms with van der Waals surface area (Å²) in [6.07, 6.45) is 3.02. The first-order valence-corrected chi connectivity index (χ1v) is 10.2. The van der Waals surface area contributed by atoms with Gasteiger partial charge in [-0.3, -0.25) is 18.1 Å². The van der Waals surface area contributed by atoms with E-state index in [0.717, 1.165) is 26.4 Å². The molecule has 0 radical (unpaired) electrons. The Morgan fingerprint density at radius 1 is 1.24 bits per heavy atom. The number of phosphoric ester groups is 1. The number of hydrogen-bond donors (Lipinski definition) is 3. The van der Waals surface area contributed by atoms with Crippen molar-refractivity contribution < 1.29 is 32.1 Å². The lowest BCUT2D eigenvalue weighted by molar-refractivity contribution is 0.0952. The number of hydrogen-bond acceptors (Lipinski definition) is 6. The highest BCUT2D eigenvalue weighted by Crippen LogP contribution is 2.41. The van der Waals surface area contributed by atoms with Gasteiger partial charge in [-0.1, -0.05) is 12.8 Å². The second-order valence-electron chi connectivity index (χ2n) is 5.07. The van der Waals surface area contributed by atoms with Gasteiger partial charge in [-0.2, -0.15) is 0 Å². The van der Waals surface area contributed by atoms with Gasteiger partial charge >= 0.3 is 7.82 Å². The van der Waals surface area contributed by atoms with Gasteiger partial charge in [0.05, 0.1) is 6.61 Å². The van der Waals surface area contributed by atoms with Crippen LogP contribution in [0.1, 0.15) is 36.0 Å². The molecule has 0 saturated carbocycles. The van der Waals surface area contributed by atoms with Crippen LogP contribution in [0, 0.1) is 0 Å². The SMILES string of the molecule is COP(=O)(O)OCCCCCCNC(=O)c1ccc(NS(=O)[O-])cc1. The molecule has 2 unspecified atom stereocenters. The fourth-order valence-electron chi connectivity index (χ4n) is 1.90. The molecule has 0 aromatic heterocycles. The molecule has 0 bridgehead atoms. The van der Waals surface area contributed by atoms with Crippen molar-refractivity contribution in [3.63, 3.8) is 0 Å². The number of unbranched alkanes of at least 4 members (excludes halogenated alkanes) is 3. The van der Waals surface area contributed by atoms with E-state index in [1.165, 1.54) is 24.3 Å². The second kappa shape index (κ2) is 11.3.